The Morgan fingerprint density at radius 2 is 1.86 bits per heavy atom. The van der Waals surface area contributed by atoms with Gasteiger partial charge in [0, 0.05) is 0 Å². The summed E-state index contributed by atoms with van der Waals surface area (Å²) in [6.07, 6.45) is 0.930. The predicted octanol–water partition coefficient (Wildman–Crippen LogP) is 5.74. The van der Waals surface area contributed by atoms with Crippen molar-refractivity contribution in [1.29, 1.82) is 0 Å². The van der Waals surface area contributed by atoms with E-state index in [1.54, 1.807) is 0 Å². The van der Waals surface area contributed by atoms with Crippen LogP contribution in [0.1, 0.15) is 64.1 Å². The Balaban J connectivity index is 1.69. The first-order chi connectivity index (χ1) is 16.7. The number of rotatable bonds is 6. The fraction of sp³-hybridized carbons (Fsp3) is 0.333. The van der Waals surface area contributed by atoms with Crippen LogP contribution in [-0.2, 0) is 0 Å². The van der Waals surface area contributed by atoms with Gasteiger partial charge in [0.15, 0.2) is 5.43 Å². The van der Waals surface area contributed by atoms with Crippen LogP contribution < -0.4 is 15.1 Å². The molecule has 2 aromatic carbocycles. The molecule has 0 spiro atoms. The van der Waals surface area contributed by atoms with Crippen LogP contribution >= 0.6 is 11.3 Å². The standard InChI is InChI=1S/C27H27N3O4S/c1-14(2)9-10-33-19-8-6-7-18(13-19)23-22-24(31)20-11-15(3)16(4)12-21(20)34-25(22)26(32)30(23)27-29-28-17(5)35-27/h6-8,11-14,23H,9-10H2,1-5H3. The van der Waals surface area contributed by atoms with Gasteiger partial charge in [-0.05, 0) is 74.1 Å². The third kappa shape index (κ3) is 4.12. The molecule has 0 radical (unpaired) electrons. The lowest BCUT2D eigenvalue weighted by Crippen LogP contribution is -2.29. The Morgan fingerprint density at radius 1 is 1.09 bits per heavy atom. The number of anilines is 1. The highest BCUT2D eigenvalue weighted by Gasteiger charge is 2.45. The lowest BCUT2D eigenvalue weighted by molar-refractivity contribution is 0.0970. The van der Waals surface area contributed by atoms with Crippen LogP contribution in [0.5, 0.6) is 5.75 Å². The minimum atomic E-state index is -0.694. The van der Waals surface area contributed by atoms with Gasteiger partial charge in [-0.2, -0.15) is 0 Å². The van der Waals surface area contributed by atoms with E-state index in [4.69, 9.17) is 9.15 Å². The largest absolute Gasteiger partial charge is 0.494 e. The molecule has 1 atom stereocenters. The summed E-state index contributed by atoms with van der Waals surface area (Å²) in [5.74, 6) is 0.868. The van der Waals surface area contributed by atoms with Gasteiger partial charge in [-0.3, -0.25) is 14.5 Å². The average molecular weight is 490 g/mol. The van der Waals surface area contributed by atoms with Gasteiger partial charge >= 0.3 is 0 Å². The van der Waals surface area contributed by atoms with Gasteiger partial charge in [-0.15, -0.1) is 10.2 Å². The van der Waals surface area contributed by atoms with E-state index < -0.39 is 11.9 Å². The molecule has 0 aliphatic carbocycles. The number of nitrogens with zero attached hydrogens (tertiary/aromatic N) is 3. The van der Waals surface area contributed by atoms with Gasteiger partial charge in [-0.25, -0.2) is 0 Å². The van der Waals surface area contributed by atoms with E-state index >= 15 is 0 Å². The first kappa shape index (κ1) is 23.2. The van der Waals surface area contributed by atoms with E-state index in [1.807, 2.05) is 57.2 Å². The smallest absolute Gasteiger partial charge is 0.297 e. The Morgan fingerprint density at radius 3 is 2.57 bits per heavy atom. The molecule has 1 aliphatic rings. The third-order valence-electron chi connectivity index (χ3n) is 6.35. The molecule has 5 rings (SSSR count). The number of aryl methyl sites for hydroxylation is 3. The molecule has 0 saturated heterocycles. The summed E-state index contributed by atoms with van der Waals surface area (Å²) in [5, 5.41) is 9.94. The van der Waals surface area contributed by atoms with Crippen molar-refractivity contribution in [2.75, 3.05) is 11.5 Å². The highest BCUT2D eigenvalue weighted by Crippen LogP contribution is 2.42. The van der Waals surface area contributed by atoms with E-state index in [1.165, 1.54) is 16.2 Å². The van der Waals surface area contributed by atoms with Crippen LogP contribution in [0, 0.1) is 26.7 Å². The van der Waals surface area contributed by atoms with Crippen LogP contribution in [0.25, 0.3) is 11.0 Å². The number of aromatic nitrogens is 2. The second-order valence-electron chi connectivity index (χ2n) is 9.39. The zero-order chi connectivity index (χ0) is 24.9. The highest BCUT2D eigenvalue weighted by molar-refractivity contribution is 7.15. The van der Waals surface area contributed by atoms with E-state index in [0.717, 1.165) is 28.1 Å². The quantitative estimate of drug-likeness (QED) is 0.343. The molecule has 0 N–H and O–H groups in total. The maximum atomic E-state index is 13.8. The molecule has 0 fully saturated rings. The first-order valence-corrected chi connectivity index (χ1v) is 12.5. The fourth-order valence-corrected chi connectivity index (χ4v) is 5.03. The van der Waals surface area contributed by atoms with Crippen LogP contribution in [0.15, 0.2) is 45.6 Å². The summed E-state index contributed by atoms with van der Waals surface area (Å²) < 4.78 is 12.1. The van der Waals surface area contributed by atoms with E-state index in [2.05, 4.69) is 24.0 Å². The van der Waals surface area contributed by atoms with Crippen molar-refractivity contribution in [2.45, 2.75) is 47.1 Å². The lowest BCUT2D eigenvalue weighted by atomic mass is 9.97. The van der Waals surface area contributed by atoms with Crippen LogP contribution in [0.4, 0.5) is 5.13 Å². The number of benzene rings is 2. The van der Waals surface area contributed by atoms with Gasteiger partial charge in [-0.1, -0.05) is 37.3 Å². The molecule has 35 heavy (non-hydrogen) atoms. The van der Waals surface area contributed by atoms with Gasteiger partial charge in [0.05, 0.1) is 23.6 Å². The Hall–Kier alpha value is -3.52. The first-order valence-electron chi connectivity index (χ1n) is 11.7. The molecule has 2 aromatic heterocycles. The third-order valence-corrected chi connectivity index (χ3v) is 7.18. The minimum absolute atomic E-state index is 0.0507. The summed E-state index contributed by atoms with van der Waals surface area (Å²) in [6.45, 7) is 10.6. The number of ether oxygens (including phenoxy) is 1. The van der Waals surface area contributed by atoms with Gasteiger partial charge in [0.25, 0.3) is 5.91 Å². The molecule has 7 nitrogen and oxygen atoms in total. The molecule has 1 aliphatic heterocycles. The van der Waals surface area contributed by atoms with Crippen molar-refractivity contribution in [3.63, 3.8) is 0 Å². The highest BCUT2D eigenvalue weighted by atomic mass is 32.1. The summed E-state index contributed by atoms with van der Waals surface area (Å²) in [4.78, 5) is 29.0. The summed E-state index contributed by atoms with van der Waals surface area (Å²) in [7, 11) is 0. The van der Waals surface area contributed by atoms with Crippen molar-refractivity contribution < 1.29 is 13.9 Å². The Kier molecular flexibility index (Phi) is 5.92. The average Bonchev–Trinajstić information content (AvgIpc) is 3.36. The monoisotopic (exact) mass is 489 g/mol. The van der Waals surface area contributed by atoms with Crippen molar-refractivity contribution in [2.24, 2.45) is 5.92 Å². The van der Waals surface area contributed by atoms with Crippen LogP contribution in [0.3, 0.4) is 0 Å². The number of carbonyl (C=O) groups is 1. The summed E-state index contributed by atoms with van der Waals surface area (Å²) in [5.41, 5.74) is 3.25. The lowest BCUT2D eigenvalue weighted by Gasteiger charge is -2.22. The van der Waals surface area contributed by atoms with E-state index in [0.29, 0.717) is 39.9 Å². The molecular weight excluding hydrogens is 462 g/mol. The fourth-order valence-electron chi connectivity index (χ4n) is 4.31. The predicted molar refractivity (Wildman–Crippen MR) is 137 cm³/mol. The number of hydrogen-bond donors (Lipinski definition) is 0. The summed E-state index contributed by atoms with van der Waals surface area (Å²) in [6, 6.07) is 10.5. The molecule has 180 valence electrons. The molecule has 4 aromatic rings. The topological polar surface area (TPSA) is 85.5 Å². The van der Waals surface area contributed by atoms with Crippen molar-refractivity contribution in [1.82, 2.24) is 10.2 Å². The maximum Gasteiger partial charge on any atom is 0.297 e. The second-order valence-corrected chi connectivity index (χ2v) is 10.6. The molecule has 1 amide bonds. The van der Waals surface area contributed by atoms with Crippen molar-refractivity contribution >= 4 is 33.3 Å². The normalized spacial score (nSPS) is 15.3. The van der Waals surface area contributed by atoms with Crippen molar-refractivity contribution in [3.05, 3.63) is 79.6 Å². The van der Waals surface area contributed by atoms with Crippen LogP contribution in [0.2, 0.25) is 0 Å². The van der Waals surface area contributed by atoms with Gasteiger partial charge < -0.3 is 9.15 Å². The summed E-state index contributed by atoms with van der Waals surface area (Å²) >= 11 is 1.30. The Labute approximate surface area is 207 Å². The van der Waals surface area contributed by atoms with Crippen LogP contribution in [-0.4, -0.2) is 22.7 Å². The van der Waals surface area contributed by atoms with Gasteiger partial charge in [0.1, 0.15) is 16.3 Å². The zero-order valence-electron chi connectivity index (χ0n) is 20.4. The molecule has 8 heteroatoms. The molecule has 0 bridgehead atoms. The van der Waals surface area contributed by atoms with E-state index in [9.17, 15) is 9.59 Å². The SMILES string of the molecule is Cc1nnc(N2C(=O)c3oc4cc(C)c(C)cc4c(=O)c3C2c2cccc(OCCC(C)C)c2)s1. The number of carbonyl (C=O) groups excluding carboxylic acids is 1. The second kappa shape index (κ2) is 8.92. The minimum Gasteiger partial charge on any atom is -0.494 e. The molecular formula is C27H27N3O4S. The van der Waals surface area contributed by atoms with Gasteiger partial charge in [0.2, 0.25) is 10.9 Å². The number of fused-ring (bicyclic) bond motifs is 2. The zero-order valence-corrected chi connectivity index (χ0v) is 21.2. The van der Waals surface area contributed by atoms with Crippen molar-refractivity contribution in [3.8, 4) is 5.75 Å². The number of amides is 1. The maximum absolute atomic E-state index is 13.8. The number of hydrogen-bond acceptors (Lipinski definition) is 7. The molecule has 0 saturated carbocycles. The molecule has 3 heterocycles. The van der Waals surface area contributed by atoms with E-state index in [-0.39, 0.29) is 11.2 Å². The Bertz CT molecular complexity index is 1500. The molecule has 1 unspecified atom stereocenters.